The Balaban J connectivity index is 2.10. The molecule has 1 fully saturated rings. The zero-order valence-electron chi connectivity index (χ0n) is 14.3. The van der Waals surface area contributed by atoms with Crippen LogP contribution in [-0.4, -0.2) is 38.8 Å². The molecule has 1 N–H and O–H groups in total. The number of halogens is 1. The molecule has 5 heteroatoms. The minimum absolute atomic E-state index is 0.277. The predicted molar refractivity (Wildman–Crippen MR) is 98.2 cm³/mol. The molecule has 1 heterocycles. The van der Waals surface area contributed by atoms with E-state index >= 15 is 0 Å². The number of esters is 1. The van der Waals surface area contributed by atoms with Crippen molar-refractivity contribution >= 4 is 27.6 Å². The van der Waals surface area contributed by atoms with E-state index in [2.05, 4.69) is 40.0 Å². The number of hydrogen-bond donors (Lipinski definition) is 1. The number of methoxy groups -OCH3 is 1. The van der Waals surface area contributed by atoms with E-state index in [0.29, 0.717) is 17.5 Å². The van der Waals surface area contributed by atoms with Crippen LogP contribution < -0.4 is 10.2 Å². The summed E-state index contributed by atoms with van der Waals surface area (Å²) >= 11 is 3.44. The average molecular weight is 383 g/mol. The number of ether oxygens (including phenoxy) is 1. The maximum Gasteiger partial charge on any atom is 0.340 e. The molecular formula is C18H27BrN2O2. The molecule has 4 nitrogen and oxygen atoms in total. The van der Waals surface area contributed by atoms with Crippen LogP contribution in [0.15, 0.2) is 22.7 Å². The number of nitrogens with one attached hydrogen (secondary N) is 1. The highest BCUT2D eigenvalue weighted by Gasteiger charge is 2.24. The van der Waals surface area contributed by atoms with Gasteiger partial charge in [-0.3, -0.25) is 0 Å². The van der Waals surface area contributed by atoms with Gasteiger partial charge >= 0.3 is 5.97 Å². The first kappa shape index (κ1) is 18.3. The minimum Gasteiger partial charge on any atom is -0.465 e. The van der Waals surface area contributed by atoms with Gasteiger partial charge in [-0.05, 0) is 56.8 Å². The summed E-state index contributed by atoms with van der Waals surface area (Å²) < 4.78 is 5.84. The molecule has 1 aromatic carbocycles. The highest BCUT2D eigenvalue weighted by Crippen LogP contribution is 2.29. The zero-order valence-corrected chi connectivity index (χ0v) is 15.9. The van der Waals surface area contributed by atoms with E-state index < -0.39 is 0 Å². The van der Waals surface area contributed by atoms with Gasteiger partial charge in [0.15, 0.2) is 0 Å². The van der Waals surface area contributed by atoms with Gasteiger partial charge < -0.3 is 15.0 Å². The van der Waals surface area contributed by atoms with Gasteiger partial charge in [0.1, 0.15) is 0 Å². The van der Waals surface area contributed by atoms with Crippen molar-refractivity contribution in [3.05, 3.63) is 28.2 Å². The second-order valence-electron chi connectivity index (χ2n) is 6.32. The molecule has 0 aromatic heterocycles. The van der Waals surface area contributed by atoms with E-state index in [1.807, 2.05) is 18.2 Å². The molecule has 1 aliphatic rings. The van der Waals surface area contributed by atoms with Crippen LogP contribution in [0.2, 0.25) is 0 Å². The molecule has 1 aliphatic heterocycles. The molecule has 0 amide bonds. The quantitative estimate of drug-likeness (QED) is 0.758. The first-order chi connectivity index (χ1) is 11.0. The van der Waals surface area contributed by atoms with E-state index in [1.54, 1.807) is 0 Å². The third-order valence-corrected chi connectivity index (χ3v) is 5.08. The molecule has 1 saturated heterocycles. The highest BCUT2D eigenvalue weighted by atomic mass is 79.9. The van der Waals surface area contributed by atoms with E-state index in [-0.39, 0.29) is 5.97 Å². The summed E-state index contributed by atoms with van der Waals surface area (Å²) in [5.41, 5.74) is 1.62. The Morgan fingerprint density at radius 1 is 1.52 bits per heavy atom. The summed E-state index contributed by atoms with van der Waals surface area (Å²) in [6.07, 6.45) is 3.54. The molecule has 128 valence electrons. The maximum atomic E-state index is 12.1. The van der Waals surface area contributed by atoms with Crippen molar-refractivity contribution in [3.8, 4) is 0 Å². The molecule has 23 heavy (non-hydrogen) atoms. The Morgan fingerprint density at radius 3 is 3.00 bits per heavy atom. The topological polar surface area (TPSA) is 41.6 Å². The monoisotopic (exact) mass is 382 g/mol. The average Bonchev–Trinajstić information content (AvgIpc) is 2.59. The van der Waals surface area contributed by atoms with Crippen LogP contribution in [0.4, 0.5) is 5.69 Å². The number of piperidine rings is 1. The Labute approximate surface area is 147 Å². The van der Waals surface area contributed by atoms with Crippen LogP contribution in [0.5, 0.6) is 0 Å². The van der Waals surface area contributed by atoms with Crippen LogP contribution in [0, 0.1) is 5.92 Å². The van der Waals surface area contributed by atoms with Crippen molar-refractivity contribution in [3.63, 3.8) is 0 Å². The Bertz CT molecular complexity index is 536. The number of carbonyl (C=O) groups is 1. The van der Waals surface area contributed by atoms with E-state index in [0.717, 1.165) is 42.6 Å². The van der Waals surface area contributed by atoms with Crippen molar-refractivity contribution in [1.29, 1.82) is 0 Å². The fraction of sp³-hybridized carbons (Fsp3) is 0.611. The van der Waals surface area contributed by atoms with Gasteiger partial charge in [0, 0.05) is 23.6 Å². The number of anilines is 1. The highest BCUT2D eigenvalue weighted by molar-refractivity contribution is 9.10. The summed E-state index contributed by atoms with van der Waals surface area (Å²) in [5, 5.41) is 3.61. The lowest BCUT2D eigenvalue weighted by Crippen LogP contribution is -2.42. The van der Waals surface area contributed by atoms with Crippen LogP contribution in [0.25, 0.3) is 0 Å². The molecule has 0 spiro atoms. The van der Waals surface area contributed by atoms with Gasteiger partial charge in [-0.25, -0.2) is 4.79 Å². The summed E-state index contributed by atoms with van der Waals surface area (Å²) in [6.45, 7) is 7.44. The first-order valence-electron chi connectivity index (χ1n) is 8.41. The van der Waals surface area contributed by atoms with E-state index in [1.165, 1.54) is 13.5 Å². The number of benzene rings is 1. The fourth-order valence-electron chi connectivity index (χ4n) is 3.02. The lowest BCUT2D eigenvalue weighted by atomic mass is 9.96. The molecule has 0 radical (unpaired) electrons. The Hall–Kier alpha value is -1.07. The Morgan fingerprint density at radius 2 is 2.30 bits per heavy atom. The molecule has 1 aromatic rings. The largest absolute Gasteiger partial charge is 0.465 e. The number of rotatable bonds is 6. The summed E-state index contributed by atoms with van der Waals surface area (Å²) in [6, 6.07) is 6.41. The van der Waals surface area contributed by atoms with Crippen molar-refractivity contribution in [2.24, 2.45) is 5.92 Å². The number of nitrogens with zero attached hydrogens (tertiary/aromatic N) is 1. The first-order valence-corrected chi connectivity index (χ1v) is 9.20. The normalized spacial score (nSPS) is 19.5. The van der Waals surface area contributed by atoms with Crippen LogP contribution in [0.1, 0.15) is 43.5 Å². The second kappa shape index (κ2) is 8.69. The van der Waals surface area contributed by atoms with Crippen molar-refractivity contribution in [1.82, 2.24) is 5.32 Å². The van der Waals surface area contributed by atoms with Gasteiger partial charge in [0.2, 0.25) is 0 Å². The smallest absolute Gasteiger partial charge is 0.340 e. The lowest BCUT2D eigenvalue weighted by Gasteiger charge is -2.36. The van der Waals surface area contributed by atoms with E-state index in [4.69, 9.17) is 4.74 Å². The van der Waals surface area contributed by atoms with Crippen LogP contribution >= 0.6 is 15.9 Å². The van der Waals surface area contributed by atoms with Crippen molar-refractivity contribution < 1.29 is 9.53 Å². The Kier molecular flexibility index (Phi) is 6.90. The second-order valence-corrected chi connectivity index (χ2v) is 7.24. The standard InChI is InChI=1S/C18H27BrN2O2/c1-4-13(2)20-11-14-6-5-9-21(12-14)17-8-7-15(19)10-16(17)18(22)23-3/h7-8,10,13-14,20H,4-6,9,11-12H2,1-3H3/t13-,14-/m1/s1. The molecule has 0 unspecified atom stereocenters. The maximum absolute atomic E-state index is 12.1. The minimum atomic E-state index is -0.277. The lowest BCUT2D eigenvalue weighted by molar-refractivity contribution is 0.0601. The SMILES string of the molecule is CC[C@@H](C)NC[C@H]1CCCN(c2ccc(Br)cc2C(=O)OC)C1. The predicted octanol–water partition coefficient (Wildman–Crippen LogP) is 3.84. The number of hydrogen-bond acceptors (Lipinski definition) is 4. The summed E-state index contributed by atoms with van der Waals surface area (Å²) in [4.78, 5) is 14.4. The summed E-state index contributed by atoms with van der Waals surface area (Å²) in [7, 11) is 1.43. The fourth-order valence-corrected chi connectivity index (χ4v) is 3.38. The van der Waals surface area contributed by atoms with Crippen LogP contribution in [0.3, 0.4) is 0 Å². The van der Waals surface area contributed by atoms with Gasteiger partial charge in [0.05, 0.1) is 18.4 Å². The molecule has 0 saturated carbocycles. The molecular weight excluding hydrogens is 356 g/mol. The van der Waals surface area contributed by atoms with Gasteiger partial charge in [-0.1, -0.05) is 22.9 Å². The third-order valence-electron chi connectivity index (χ3n) is 4.59. The van der Waals surface area contributed by atoms with Gasteiger partial charge in [-0.15, -0.1) is 0 Å². The number of carbonyl (C=O) groups excluding carboxylic acids is 1. The van der Waals surface area contributed by atoms with Gasteiger partial charge in [-0.2, -0.15) is 0 Å². The van der Waals surface area contributed by atoms with Crippen LogP contribution in [-0.2, 0) is 4.74 Å². The third kappa shape index (κ3) is 4.95. The molecule has 0 bridgehead atoms. The molecule has 0 aliphatic carbocycles. The molecule has 2 atom stereocenters. The van der Waals surface area contributed by atoms with Crippen molar-refractivity contribution in [2.75, 3.05) is 31.6 Å². The molecule has 2 rings (SSSR count). The zero-order chi connectivity index (χ0) is 16.8. The van der Waals surface area contributed by atoms with Gasteiger partial charge in [0.25, 0.3) is 0 Å². The summed E-state index contributed by atoms with van der Waals surface area (Å²) in [5.74, 6) is 0.341. The van der Waals surface area contributed by atoms with E-state index in [9.17, 15) is 4.79 Å². The van der Waals surface area contributed by atoms with Crippen molar-refractivity contribution in [2.45, 2.75) is 39.2 Å².